The van der Waals surface area contributed by atoms with Crippen molar-refractivity contribution < 1.29 is 15.0 Å². The molecule has 2 unspecified atom stereocenters. The summed E-state index contributed by atoms with van der Waals surface area (Å²) in [4.78, 5) is 12.5. The third-order valence-electron chi connectivity index (χ3n) is 12.1. The van der Waals surface area contributed by atoms with E-state index in [0.717, 1.165) is 51.4 Å². The molecule has 0 bridgehead atoms. The fraction of sp³-hybridized carbons (Fsp3) is 0.836. The Kier molecular flexibility index (Phi) is 49.3. The summed E-state index contributed by atoms with van der Waals surface area (Å²) in [6.07, 6.45) is 69.4. The number of rotatable bonds is 48. The molecule has 0 saturated heterocycles. The van der Waals surface area contributed by atoms with Crippen molar-refractivity contribution in [2.75, 3.05) is 6.61 Å². The third kappa shape index (κ3) is 47.3. The predicted molar refractivity (Wildman–Crippen MR) is 262 cm³/mol. The molecule has 0 radical (unpaired) electrons. The fourth-order valence-corrected chi connectivity index (χ4v) is 8.12. The van der Waals surface area contributed by atoms with E-state index >= 15 is 0 Å². The fourth-order valence-electron chi connectivity index (χ4n) is 8.12. The van der Waals surface area contributed by atoms with Gasteiger partial charge >= 0.3 is 0 Å². The summed E-state index contributed by atoms with van der Waals surface area (Å²) in [6, 6.07) is -0.543. The van der Waals surface area contributed by atoms with E-state index in [2.05, 4.69) is 67.8 Å². The first-order valence-electron chi connectivity index (χ1n) is 26.3. The van der Waals surface area contributed by atoms with Crippen LogP contribution in [0.3, 0.4) is 0 Å². The van der Waals surface area contributed by atoms with Gasteiger partial charge in [-0.3, -0.25) is 4.79 Å². The van der Waals surface area contributed by atoms with Crippen molar-refractivity contribution in [3.63, 3.8) is 0 Å². The monoisotopic (exact) mass is 826 g/mol. The van der Waals surface area contributed by atoms with E-state index in [-0.39, 0.29) is 12.5 Å². The van der Waals surface area contributed by atoms with Crippen LogP contribution < -0.4 is 5.32 Å². The van der Waals surface area contributed by atoms with E-state index in [1.807, 2.05) is 0 Å². The normalized spacial score (nSPS) is 13.2. The van der Waals surface area contributed by atoms with Crippen LogP contribution in [0.5, 0.6) is 0 Å². The summed E-state index contributed by atoms with van der Waals surface area (Å²) in [6.45, 7) is 4.26. The molecule has 0 spiro atoms. The number of hydrogen-bond donors (Lipinski definition) is 3. The Bertz CT molecular complexity index is 939. The van der Waals surface area contributed by atoms with E-state index in [1.165, 1.54) is 199 Å². The second-order valence-electron chi connectivity index (χ2n) is 17.9. The summed E-state index contributed by atoms with van der Waals surface area (Å²) in [5.41, 5.74) is 0. The minimum Gasteiger partial charge on any atom is -0.394 e. The van der Waals surface area contributed by atoms with Gasteiger partial charge in [-0.15, -0.1) is 0 Å². The van der Waals surface area contributed by atoms with Gasteiger partial charge in [-0.25, -0.2) is 0 Å². The van der Waals surface area contributed by atoms with Crippen LogP contribution in [0.4, 0.5) is 0 Å². The largest absolute Gasteiger partial charge is 0.394 e. The molecule has 0 aromatic carbocycles. The van der Waals surface area contributed by atoms with Gasteiger partial charge < -0.3 is 15.5 Å². The first-order chi connectivity index (χ1) is 29.2. The van der Waals surface area contributed by atoms with Gasteiger partial charge in [0.15, 0.2) is 0 Å². The molecule has 0 aromatic rings. The van der Waals surface area contributed by atoms with Gasteiger partial charge in [-0.2, -0.15) is 0 Å². The minimum absolute atomic E-state index is 0.0380. The Hall–Kier alpha value is -1.65. The van der Waals surface area contributed by atoms with Crippen molar-refractivity contribution in [2.45, 2.75) is 289 Å². The summed E-state index contributed by atoms with van der Waals surface area (Å²) in [5, 5.41) is 23.3. The number of amides is 1. The van der Waals surface area contributed by atoms with Crippen LogP contribution in [-0.4, -0.2) is 34.9 Å². The molecule has 0 fully saturated rings. The van der Waals surface area contributed by atoms with Crippen LogP contribution in [0.15, 0.2) is 48.6 Å². The van der Waals surface area contributed by atoms with Crippen molar-refractivity contribution in [3.05, 3.63) is 48.6 Å². The average Bonchev–Trinajstić information content (AvgIpc) is 3.24. The molecule has 0 saturated carbocycles. The maximum atomic E-state index is 12.5. The maximum Gasteiger partial charge on any atom is 0.220 e. The third-order valence-corrected chi connectivity index (χ3v) is 12.1. The molecule has 0 aliphatic carbocycles. The topological polar surface area (TPSA) is 69.6 Å². The second-order valence-corrected chi connectivity index (χ2v) is 17.9. The number of nitrogens with one attached hydrogen (secondary N) is 1. The molecule has 2 atom stereocenters. The second kappa shape index (κ2) is 50.7. The van der Waals surface area contributed by atoms with Crippen LogP contribution in [0.2, 0.25) is 0 Å². The number of aliphatic hydroxyl groups excluding tert-OH is 2. The Morgan fingerprint density at radius 3 is 1.12 bits per heavy atom. The molecule has 1 amide bonds. The molecule has 0 heterocycles. The Morgan fingerprint density at radius 2 is 0.746 bits per heavy atom. The number of allylic oxidation sites excluding steroid dienone is 8. The molecule has 4 nitrogen and oxygen atoms in total. The van der Waals surface area contributed by atoms with Crippen molar-refractivity contribution in [3.8, 4) is 0 Å². The lowest BCUT2D eigenvalue weighted by molar-refractivity contribution is -0.123. The van der Waals surface area contributed by atoms with Crippen molar-refractivity contribution in [1.82, 2.24) is 5.32 Å². The Labute approximate surface area is 369 Å². The molecular formula is C55H103NO3. The van der Waals surface area contributed by atoms with Gasteiger partial charge in [-0.1, -0.05) is 268 Å². The maximum absolute atomic E-state index is 12.5. The summed E-state index contributed by atoms with van der Waals surface area (Å²) < 4.78 is 0. The average molecular weight is 826 g/mol. The van der Waals surface area contributed by atoms with E-state index in [1.54, 1.807) is 0 Å². The predicted octanol–water partition coefficient (Wildman–Crippen LogP) is 17.1. The van der Waals surface area contributed by atoms with Gasteiger partial charge in [0.25, 0.3) is 0 Å². The lowest BCUT2D eigenvalue weighted by Crippen LogP contribution is -2.45. The highest BCUT2D eigenvalue weighted by Gasteiger charge is 2.20. The van der Waals surface area contributed by atoms with E-state index in [9.17, 15) is 15.0 Å². The molecule has 0 aliphatic rings. The zero-order valence-corrected chi connectivity index (χ0v) is 39.8. The number of unbranched alkanes of at least 4 members (excludes halogenated alkanes) is 33. The summed E-state index contributed by atoms with van der Waals surface area (Å²) in [7, 11) is 0. The van der Waals surface area contributed by atoms with Crippen molar-refractivity contribution in [1.29, 1.82) is 0 Å². The molecule has 346 valence electrons. The van der Waals surface area contributed by atoms with Crippen LogP contribution in [0.1, 0.15) is 277 Å². The molecule has 0 aromatic heterocycles. The van der Waals surface area contributed by atoms with Crippen molar-refractivity contribution >= 4 is 5.91 Å². The standard InChI is InChI=1S/C55H103NO3/c1-3-5-7-9-11-13-15-17-19-21-23-25-26-27-28-29-31-32-34-36-38-40-42-44-46-48-50-54(58)53(52-57)56-55(59)51-49-47-45-43-41-39-37-35-33-30-24-22-20-18-16-14-12-10-8-6-4-2/h6,8,12,14,18,20,24,30,53-54,57-58H,3-5,7,9-11,13,15-17,19,21-23,25-29,31-52H2,1-2H3,(H,56,59)/b8-6-,14-12-,20-18-,30-24-. The van der Waals surface area contributed by atoms with Gasteiger partial charge in [0.05, 0.1) is 18.8 Å². The molecule has 0 aliphatic heterocycles. The van der Waals surface area contributed by atoms with Gasteiger partial charge in [0, 0.05) is 6.42 Å². The van der Waals surface area contributed by atoms with E-state index < -0.39 is 12.1 Å². The zero-order chi connectivity index (χ0) is 42.8. The highest BCUT2D eigenvalue weighted by atomic mass is 16.3. The Balaban J connectivity index is 3.48. The molecule has 4 heteroatoms. The molecular weight excluding hydrogens is 723 g/mol. The van der Waals surface area contributed by atoms with Crippen LogP contribution in [0.25, 0.3) is 0 Å². The number of carbonyl (C=O) groups excluding carboxylic acids is 1. The number of carbonyl (C=O) groups is 1. The van der Waals surface area contributed by atoms with Crippen LogP contribution >= 0.6 is 0 Å². The summed E-state index contributed by atoms with van der Waals surface area (Å²) in [5.74, 6) is -0.0380. The quantitative estimate of drug-likeness (QED) is 0.0423. The Morgan fingerprint density at radius 1 is 0.424 bits per heavy atom. The molecule has 0 rings (SSSR count). The first kappa shape index (κ1) is 57.3. The highest BCUT2D eigenvalue weighted by molar-refractivity contribution is 5.76. The lowest BCUT2D eigenvalue weighted by Gasteiger charge is -2.22. The SMILES string of the molecule is CC/C=C\C/C=C\C/C=C\C/C=C\CCCCCCCCCCC(=O)NC(CO)C(O)CCCCCCCCCCCCCCCCCCCCCCCCCCCC. The number of hydrogen-bond acceptors (Lipinski definition) is 3. The van der Waals surface area contributed by atoms with Gasteiger partial charge in [0.1, 0.15) is 0 Å². The first-order valence-corrected chi connectivity index (χ1v) is 26.3. The summed E-state index contributed by atoms with van der Waals surface area (Å²) >= 11 is 0. The van der Waals surface area contributed by atoms with Gasteiger partial charge in [-0.05, 0) is 51.4 Å². The van der Waals surface area contributed by atoms with Crippen LogP contribution in [-0.2, 0) is 4.79 Å². The highest BCUT2D eigenvalue weighted by Crippen LogP contribution is 2.17. The number of aliphatic hydroxyl groups is 2. The van der Waals surface area contributed by atoms with Gasteiger partial charge in [0.2, 0.25) is 5.91 Å². The molecule has 3 N–H and O–H groups in total. The smallest absolute Gasteiger partial charge is 0.220 e. The minimum atomic E-state index is -0.666. The van der Waals surface area contributed by atoms with Crippen molar-refractivity contribution in [2.24, 2.45) is 0 Å². The lowest BCUT2D eigenvalue weighted by atomic mass is 10.0. The zero-order valence-electron chi connectivity index (χ0n) is 39.8. The molecule has 59 heavy (non-hydrogen) atoms. The van der Waals surface area contributed by atoms with E-state index in [4.69, 9.17) is 0 Å². The van der Waals surface area contributed by atoms with E-state index in [0.29, 0.717) is 12.8 Å². The van der Waals surface area contributed by atoms with Crippen LogP contribution in [0, 0.1) is 0 Å².